The number of hydrogen-bond acceptors (Lipinski definition) is 3. The van der Waals surface area contributed by atoms with E-state index in [1.807, 2.05) is 84.9 Å². The first-order valence-electron chi connectivity index (χ1n) is 8.58. The van der Waals surface area contributed by atoms with Crippen LogP contribution in [-0.2, 0) is 0 Å². The molecule has 4 rings (SSSR count). The van der Waals surface area contributed by atoms with Crippen LogP contribution in [-0.4, -0.2) is 17.8 Å². The minimum atomic E-state index is 0.486. The Balaban J connectivity index is 1.91. The Kier molecular flexibility index (Phi) is 4.86. The molecule has 0 saturated carbocycles. The van der Waals surface area contributed by atoms with E-state index in [2.05, 4.69) is 4.98 Å². The molecule has 0 fully saturated rings. The quantitative estimate of drug-likeness (QED) is 0.408. The summed E-state index contributed by atoms with van der Waals surface area (Å²) in [6.45, 7) is 0. The maximum Gasteiger partial charge on any atom is 0.172 e. The number of pyridine rings is 1. The fourth-order valence-electron chi connectivity index (χ4n) is 2.91. The summed E-state index contributed by atoms with van der Waals surface area (Å²) in [4.78, 5) is 9.51. The zero-order chi connectivity index (χ0) is 18.6. The number of rotatable bonds is 4. The number of fused-ring (bicyclic) bond motifs is 1. The zero-order valence-electron chi connectivity index (χ0n) is 14.8. The van der Waals surface area contributed by atoms with Crippen LogP contribution in [0.15, 0.2) is 89.9 Å². The van der Waals surface area contributed by atoms with E-state index in [1.165, 1.54) is 0 Å². The fraction of sp³-hybridized carbons (Fsp3) is 0.0435. The van der Waals surface area contributed by atoms with Gasteiger partial charge in [0.15, 0.2) is 5.82 Å². The van der Waals surface area contributed by atoms with E-state index in [0.29, 0.717) is 10.8 Å². The topological polar surface area (TPSA) is 34.5 Å². The van der Waals surface area contributed by atoms with Crippen molar-refractivity contribution in [2.24, 2.45) is 4.99 Å². The number of benzene rings is 3. The lowest BCUT2D eigenvalue weighted by molar-refractivity contribution is 0.415. The summed E-state index contributed by atoms with van der Waals surface area (Å²) in [7, 11) is 1.64. The van der Waals surface area contributed by atoms with E-state index in [-0.39, 0.29) is 0 Å². The Bertz CT molecular complexity index is 1070. The average molecular weight is 373 g/mol. The molecule has 4 heteroatoms. The highest BCUT2D eigenvalue weighted by molar-refractivity contribution is 6.33. The molecule has 4 aromatic rings. The van der Waals surface area contributed by atoms with Crippen molar-refractivity contribution in [2.75, 3.05) is 7.11 Å². The first-order chi connectivity index (χ1) is 13.2. The Morgan fingerprint density at radius 3 is 2.07 bits per heavy atom. The predicted octanol–water partition coefficient (Wildman–Crippen LogP) is 6.07. The molecule has 0 unspecified atom stereocenters. The molecule has 3 aromatic carbocycles. The number of ether oxygens (including phenoxy) is 1. The van der Waals surface area contributed by atoms with Crippen molar-refractivity contribution >= 4 is 34.0 Å². The van der Waals surface area contributed by atoms with Crippen LogP contribution in [0.25, 0.3) is 10.9 Å². The summed E-state index contributed by atoms with van der Waals surface area (Å²) in [6, 6.07) is 27.7. The minimum Gasteiger partial charge on any atom is -0.497 e. The maximum atomic E-state index is 6.50. The average Bonchev–Trinajstić information content (AvgIpc) is 2.73. The van der Waals surface area contributed by atoms with Gasteiger partial charge < -0.3 is 4.74 Å². The molecule has 0 radical (unpaired) electrons. The van der Waals surface area contributed by atoms with Gasteiger partial charge in [0.1, 0.15) is 5.75 Å². The fourth-order valence-corrected chi connectivity index (χ4v) is 3.11. The van der Waals surface area contributed by atoms with Crippen molar-refractivity contribution < 1.29 is 4.74 Å². The van der Waals surface area contributed by atoms with Crippen LogP contribution < -0.4 is 4.74 Å². The Hall–Kier alpha value is -3.17. The normalized spacial score (nSPS) is 10.6. The Morgan fingerprint density at radius 1 is 0.852 bits per heavy atom. The minimum absolute atomic E-state index is 0.486. The number of aromatic nitrogens is 1. The van der Waals surface area contributed by atoms with Gasteiger partial charge in [-0.2, -0.15) is 0 Å². The van der Waals surface area contributed by atoms with Crippen molar-refractivity contribution in [3.05, 3.63) is 101 Å². The zero-order valence-corrected chi connectivity index (χ0v) is 15.5. The molecule has 3 nitrogen and oxygen atoms in total. The van der Waals surface area contributed by atoms with Gasteiger partial charge in [0.05, 0.1) is 23.4 Å². The molecular formula is C23H17ClN2O. The molecule has 1 heterocycles. The molecule has 0 N–H and O–H groups in total. The lowest BCUT2D eigenvalue weighted by Gasteiger charge is -2.09. The van der Waals surface area contributed by atoms with Gasteiger partial charge in [0.2, 0.25) is 0 Å². The van der Waals surface area contributed by atoms with E-state index >= 15 is 0 Å². The van der Waals surface area contributed by atoms with Crippen molar-refractivity contribution in [3.63, 3.8) is 0 Å². The van der Waals surface area contributed by atoms with Gasteiger partial charge in [0, 0.05) is 22.6 Å². The van der Waals surface area contributed by atoms with Crippen molar-refractivity contribution in [1.29, 1.82) is 0 Å². The largest absolute Gasteiger partial charge is 0.497 e. The van der Waals surface area contributed by atoms with E-state index in [9.17, 15) is 0 Å². The van der Waals surface area contributed by atoms with Crippen LogP contribution in [0.1, 0.15) is 11.1 Å². The summed E-state index contributed by atoms with van der Waals surface area (Å²) in [6.07, 6.45) is 0. The van der Waals surface area contributed by atoms with Crippen molar-refractivity contribution in [2.45, 2.75) is 0 Å². The number of halogens is 1. The van der Waals surface area contributed by atoms with Crippen LogP contribution in [0.5, 0.6) is 5.75 Å². The van der Waals surface area contributed by atoms with E-state index in [0.717, 1.165) is 33.5 Å². The van der Waals surface area contributed by atoms with Crippen molar-refractivity contribution in [3.8, 4) is 5.75 Å². The number of aliphatic imine (C=N–C) groups is 1. The van der Waals surface area contributed by atoms with Gasteiger partial charge in [-0.3, -0.25) is 0 Å². The van der Waals surface area contributed by atoms with Gasteiger partial charge in [-0.25, -0.2) is 9.98 Å². The summed E-state index contributed by atoms with van der Waals surface area (Å²) >= 11 is 6.50. The second kappa shape index (κ2) is 7.60. The molecule has 0 saturated heterocycles. The molecule has 27 heavy (non-hydrogen) atoms. The third kappa shape index (κ3) is 3.69. The third-order valence-electron chi connectivity index (χ3n) is 4.27. The van der Waals surface area contributed by atoms with Gasteiger partial charge in [-0.15, -0.1) is 0 Å². The third-order valence-corrected chi connectivity index (χ3v) is 4.55. The second-order valence-electron chi connectivity index (χ2n) is 6.04. The predicted molar refractivity (Wildman–Crippen MR) is 111 cm³/mol. The number of methoxy groups -OCH3 is 1. The van der Waals surface area contributed by atoms with Crippen molar-refractivity contribution in [1.82, 2.24) is 4.98 Å². The highest BCUT2D eigenvalue weighted by Gasteiger charge is 2.11. The molecule has 0 bridgehead atoms. The highest BCUT2D eigenvalue weighted by atomic mass is 35.5. The summed E-state index contributed by atoms with van der Waals surface area (Å²) in [5.41, 5.74) is 3.63. The SMILES string of the molecule is COc1ccc2cc(Cl)c(N=C(c3ccccc3)c3ccccc3)nc2c1. The van der Waals surface area contributed by atoms with E-state index in [4.69, 9.17) is 21.3 Å². The molecule has 132 valence electrons. The lowest BCUT2D eigenvalue weighted by atomic mass is 10.0. The van der Waals surface area contributed by atoms with Crippen LogP contribution in [0, 0.1) is 0 Å². The van der Waals surface area contributed by atoms with Gasteiger partial charge in [0.25, 0.3) is 0 Å². The van der Waals surface area contributed by atoms with Crippen LogP contribution in [0.2, 0.25) is 5.02 Å². The van der Waals surface area contributed by atoms with E-state index in [1.54, 1.807) is 7.11 Å². The smallest absolute Gasteiger partial charge is 0.172 e. The molecule has 0 amide bonds. The summed E-state index contributed by atoms with van der Waals surface area (Å²) < 4.78 is 5.30. The molecule has 0 aliphatic rings. The van der Waals surface area contributed by atoms with E-state index < -0.39 is 0 Å². The second-order valence-corrected chi connectivity index (χ2v) is 6.45. The monoisotopic (exact) mass is 372 g/mol. The Labute approximate surface area is 162 Å². The standard InChI is InChI=1S/C23H17ClN2O/c1-27-19-13-12-18-14-20(24)23(25-21(18)15-19)26-22(16-8-4-2-5-9-16)17-10-6-3-7-11-17/h2-15H,1H3. The molecule has 0 aliphatic heterocycles. The number of hydrogen-bond donors (Lipinski definition) is 0. The molecule has 0 aliphatic carbocycles. The molecule has 1 aromatic heterocycles. The first-order valence-corrected chi connectivity index (χ1v) is 8.96. The highest BCUT2D eigenvalue weighted by Crippen LogP contribution is 2.30. The number of nitrogens with zero attached hydrogens (tertiary/aromatic N) is 2. The maximum absolute atomic E-state index is 6.50. The molecule has 0 spiro atoms. The summed E-state index contributed by atoms with van der Waals surface area (Å²) in [5, 5.41) is 1.46. The lowest BCUT2D eigenvalue weighted by Crippen LogP contribution is -2.03. The van der Waals surface area contributed by atoms with Gasteiger partial charge in [-0.1, -0.05) is 72.3 Å². The van der Waals surface area contributed by atoms with Crippen LogP contribution in [0.4, 0.5) is 5.82 Å². The molecular weight excluding hydrogens is 356 g/mol. The first kappa shape index (κ1) is 17.3. The van der Waals surface area contributed by atoms with Crippen LogP contribution in [0.3, 0.4) is 0 Å². The summed E-state index contributed by atoms with van der Waals surface area (Å²) in [5.74, 6) is 1.23. The Morgan fingerprint density at radius 2 is 1.48 bits per heavy atom. The van der Waals surface area contributed by atoms with Crippen LogP contribution >= 0.6 is 11.6 Å². The van der Waals surface area contributed by atoms with Gasteiger partial charge in [-0.05, 0) is 18.2 Å². The molecule has 0 atom stereocenters. The van der Waals surface area contributed by atoms with Gasteiger partial charge >= 0.3 is 0 Å².